The molecule has 2 aromatic carbocycles. The summed E-state index contributed by atoms with van der Waals surface area (Å²) in [5.74, 6) is -0.0192. The number of benzene rings is 2. The van der Waals surface area contributed by atoms with Gasteiger partial charge in [-0.15, -0.1) is 0 Å². The molecule has 0 fully saturated rings. The van der Waals surface area contributed by atoms with Gasteiger partial charge in [0.2, 0.25) is 0 Å². The summed E-state index contributed by atoms with van der Waals surface area (Å²) in [5.41, 5.74) is 2.67. The van der Waals surface area contributed by atoms with Gasteiger partial charge in [0.25, 0.3) is 5.91 Å². The molecule has 0 spiro atoms. The Labute approximate surface area is 159 Å². The number of carbonyl (C=O) groups is 1. The molecule has 0 saturated heterocycles. The Morgan fingerprint density at radius 3 is 2.50 bits per heavy atom. The van der Waals surface area contributed by atoms with Crippen LogP contribution in [0.4, 0.5) is 0 Å². The van der Waals surface area contributed by atoms with Gasteiger partial charge in [0.05, 0.1) is 18.3 Å². The van der Waals surface area contributed by atoms with Gasteiger partial charge in [-0.05, 0) is 31.0 Å². The molecule has 26 heavy (non-hydrogen) atoms. The van der Waals surface area contributed by atoms with E-state index in [9.17, 15) is 4.79 Å². The molecule has 0 N–H and O–H groups in total. The van der Waals surface area contributed by atoms with Gasteiger partial charge in [-0.25, -0.2) is 0 Å². The quantitative estimate of drug-likeness (QED) is 0.636. The van der Waals surface area contributed by atoms with Crippen LogP contribution < -0.4 is 0 Å². The van der Waals surface area contributed by atoms with Crippen molar-refractivity contribution in [1.29, 1.82) is 0 Å². The second kappa shape index (κ2) is 8.19. The van der Waals surface area contributed by atoms with E-state index in [0.717, 1.165) is 11.1 Å². The van der Waals surface area contributed by atoms with Crippen LogP contribution in [0.15, 0.2) is 67.0 Å². The highest BCUT2D eigenvalue weighted by Crippen LogP contribution is 2.17. The van der Waals surface area contributed by atoms with Crippen molar-refractivity contribution < 1.29 is 4.79 Å². The van der Waals surface area contributed by atoms with E-state index in [4.69, 9.17) is 11.6 Å². The topological polar surface area (TPSA) is 38.1 Å². The average Bonchev–Trinajstić information content (AvgIpc) is 3.10. The Morgan fingerprint density at radius 1 is 1.12 bits per heavy atom. The van der Waals surface area contributed by atoms with Crippen molar-refractivity contribution in [2.75, 3.05) is 0 Å². The number of hydrogen-bond acceptors (Lipinski definition) is 2. The Bertz CT molecular complexity index is 874. The zero-order valence-corrected chi connectivity index (χ0v) is 15.7. The zero-order chi connectivity index (χ0) is 18.5. The minimum atomic E-state index is -0.0192. The van der Waals surface area contributed by atoms with Crippen molar-refractivity contribution in [2.45, 2.75) is 33.0 Å². The Balaban J connectivity index is 1.76. The summed E-state index contributed by atoms with van der Waals surface area (Å²) in [5, 5.41) is 5.03. The van der Waals surface area contributed by atoms with Crippen LogP contribution in [0.1, 0.15) is 35.3 Å². The molecule has 1 aromatic heterocycles. The molecule has 3 aromatic rings. The number of halogens is 1. The first-order valence-corrected chi connectivity index (χ1v) is 9.03. The second-order valence-electron chi connectivity index (χ2n) is 6.53. The summed E-state index contributed by atoms with van der Waals surface area (Å²) < 4.78 is 1.75. The molecule has 1 heterocycles. The Kier molecular flexibility index (Phi) is 5.74. The van der Waals surface area contributed by atoms with Crippen LogP contribution in [0.3, 0.4) is 0 Å². The molecule has 0 unspecified atom stereocenters. The summed E-state index contributed by atoms with van der Waals surface area (Å²) in [4.78, 5) is 14.8. The average molecular weight is 368 g/mol. The van der Waals surface area contributed by atoms with Crippen molar-refractivity contribution in [3.8, 4) is 0 Å². The summed E-state index contributed by atoms with van der Waals surface area (Å²) in [6, 6.07) is 17.8. The second-order valence-corrected chi connectivity index (χ2v) is 6.94. The molecule has 4 nitrogen and oxygen atoms in total. The first kappa shape index (κ1) is 18.2. The molecule has 0 bridgehead atoms. The first-order chi connectivity index (χ1) is 12.5. The van der Waals surface area contributed by atoms with Gasteiger partial charge in [-0.2, -0.15) is 5.10 Å². The summed E-state index contributed by atoms with van der Waals surface area (Å²) in [6.45, 7) is 5.16. The van der Waals surface area contributed by atoms with Gasteiger partial charge >= 0.3 is 0 Å². The predicted octanol–water partition coefficient (Wildman–Crippen LogP) is 4.64. The third-order valence-electron chi connectivity index (χ3n) is 4.25. The standard InChI is InChI=1S/C21H22ClN3O/c1-16(2)25(13-17-8-4-3-5-9-17)21(26)19-12-23-24(15-19)14-18-10-6-7-11-20(18)22/h3-12,15-16H,13-14H2,1-2H3. The van der Waals surface area contributed by atoms with E-state index in [-0.39, 0.29) is 11.9 Å². The number of amides is 1. The van der Waals surface area contributed by atoms with Crippen LogP contribution in [-0.2, 0) is 13.1 Å². The van der Waals surface area contributed by atoms with Crippen molar-refractivity contribution in [3.63, 3.8) is 0 Å². The summed E-state index contributed by atoms with van der Waals surface area (Å²) >= 11 is 6.21. The van der Waals surface area contributed by atoms with Gasteiger partial charge in [0, 0.05) is 23.8 Å². The van der Waals surface area contributed by atoms with E-state index < -0.39 is 0 Å². The van der Waals surface area contributed by atoms with E-state index in [0.29, 0.717) is 23.7 Å². The van der Waals surface area contributed by atoms with Crippen LogP contribution in [0.2, 0.25) is 5.02 Å². The molecule has 0 atom stereocenters. The highest BCUT2D eigenvalue weighted by atomic mass is 35.5. The summed E-state index contributed by atoms with van der Waals surface area (Å²) in [7, 11) is 0. The monoisotopic (exact) mass is 367 g/mol. The molecule has 3 rings (SSSR count). The normalized spacial score (nSPS) is 10.9. The van der Waals surface area contributed by atoms with Crippen molar-refractivity contribution in [3.05, 3.63) is 88.7 Å². The maximum Gasteiger partial charge on any atom is 0.257 e. The van der Waals surface area contributed by atoms with Gasteiger partial charge in [-0.1, -0.05) is 60.1 Å². The van der Waals surface area contributed by atoms with Crippen molar-refractivity contribution in [1.82, 2.24) is 14.7 Å². The molecule has 0 aliphatic rings. The maximum atomic E-state index is 13.0. The molecular formula is C21H22ClN3O. The van der Waals surface area contributed by atoms with Gasteiger partial charge < -0.3 is 4.90 Å². The smallest absolute Gasteiger partial charge is 0.257 e. The van der Waals surface area contributed by atoms with E-state index in [1.165, 1.54) is 0 Å². The summed E-state index contributed by atoms with van der Waals surface area (Å²) in [6.07, 6.45) is 3.41. The molecule has 0 radical (unpaired) electrons. The molecule has 1 amide bonds. The lowest BCUT2D eigenvalue weighted by Crippen LogP contribution is -2.36. The van der Waals surface area contributed by atoms with Crippen LogP contribution in [0, 0.1) is 0 Å². The number of nitrogens with zero attached hydrogens (tertiary/aromatic N) is 3. The molecular weight excluding hydrogens is 346 g/mol. The van der Waals surface area contributed by atoms with Crippen LogP contribution >= 0.6 is 11.6 Å². The first-order valence-electron chi connectivity index (χ1n) is 8.65. The SMILES string of the molecule is CC(C)N(Cc1ccccc1)C(=O)c1cnn(Cc2ccccc2Cl)c1. The Morgan fingerprint density at radius 2 is 1.81 bits per heavy atom. The largest absolute Gasteiger partial charge is 0.332 e. The lowest BCUT2D eigenvalue weighted by atomic mass is 10.1. The third-order valence-corrected chi connectivity index (χ3v) is 4.62. The predicted molar refractivity (Wildman–Crippen MR) is 104 cm³/mol. The molecule has 5 heteroatoms. The fourth-order valence-corrected chi connectivity index (χ4v) is 2.99. The van der Waals surface area contributed by atoms with E-state index in [2.05, 4.69) is 5.10 Å². The fourth-order valence-electron chi connectivity index (χ4n) is 2.80. The van der Waals surface area contributed by atoms with E-state index in [1.807, 2.05) is 73.3 Å². The van der Waals surface area contributed by atoms with Crippen LogP contribution in [-0.4, -0.2) is 26.6 Å². The lowest BCUT2D eigenvalue weighted by Gasteiger charge is -2.26. The van der Waals surface area contributed by atoms with Crippen LogP contribution in [0.25, 0.3) is 0 Å². The highest BCUT2D eigenvalue weighted by molar-refractivity contribution is 6.31. The van der Waals surface area contributed by atoms with Crippen LogP contribution in [0.5, 0.6) is 0 Å². The van der Waals surface area contributed by atoms with E-state index in [1.54, 1.807) is 17.1 Å². The molecule has 0 aliphatic carbocycles. The van der Waals surface area contributed by atoms with Crippen molar-refractivity contribution in [2.24, 2.45) is 0 Å². The van der Waals surface area contributed by atoms with E-state index >= 15 is 0 Å². The van der Waals surface area contributed by atoms with Gasteiger partial charge in [0.1, 0.15) is 0 Å². The number of aromatic nitrogens is 2. The Hall–Kier alpha value is -2.59. The lowest BCUT2D eigenvalue weighted by molar-refractivity contribution is 0.0690. The molecule has 0 saturated carbocycles. The highest BCUT2D eigenvalue weighted by Gasteiger charge is 2.20. The van der Waals surface area contributed by atoms with Gasteiger partial charge in [-0.3, -0.25) is 9.48 Å². The maximum absolute atomic E-state index is 13.0. The fraction of sp³-hybridized carbons (Fsp3) is 0.238. The number of rotatable bonds is 6. The van der Waals surface area contributed by atoms with Gasteiger partial charge in [0.15, 0.2) is 0 Å². The number of carbonyl (C=O) groups excluding carboxylic acids is 1. The molecule has 0 aliphatic heterocycles. The third kappa shape index (κ3) is 4.33. The minimum Gasteiger partial charge on any atom is -0.332 e. The number of hydrogen-bond donors (Lipinski definition) is 0. The molecule has 134 valence electrons. The zero-order valence-electron chi connectivity index (χ0n) is 15.0. The minimum absolute atomic E-state index is 0.0192. The van der Waals surface area contributed by atoms with Crippen molar-refractivity contribution >= 4 is 17.5 Å².